The van der Waals surface area contributed by atoms with Crippen molar-refractivity contribution in [1.29, 1.82) is 0 Å². The third-order valence-electron chi connectivity index (χ3n) is 3.18. The topological polar surface area (TPSA) is 80.2 Å². The zero-order valence-electron chi connectivity index (χ0n) is 11.0. The maximum Gasteiger partial charge on any atom is 0.267 e. The summed E-state index contributed by atoms with van der Waals surface area (Å²) in [7, 11) is 1.58. The molecule has 0 fully saturated rings. The number of nitrogens with zero attached hydrogens (tertiary/aromatic N) is 1. The van der Waals surface area contributed by atoms with E-state index in [0.29, 0.717) is 25.1 Å². The van der Waals surface area contributed by atoms with Gasteiger partial charge in [0.15, 0.2) is 0 Å². The van der Waals surface area contributed by atoms with E-state index < -0.39 is 0 Å². The molecule has 1 aromatic heterocycles. The maximum absolute atomic E-state index is 11.8. The molecule has 2 amide bonds. The Morgan fingerprint density at radius 1 is 1.53 bits per heavy atom. The largest absolute Gasteiger partial charge is 0.359 e. The molecular formula is C13H17N3O3. The fourth-order valence-electron chi connectivity index (χ4n) is 2.29. The molecule has 1 atom stereocenters. The molecule has 2 N–H and O–H groups in total. The second kappa shape index (κ2) is 5.26. The normalized spacial score (nSPS) is 17.6. The Morgan fingerprint density at radius 2 is 2.26 bits per heavy atom. The second-order valence-corrected chi connectivity index (χ2v) is 4.76. The summed E-state index contributed by atoms with van der Waals surface area (Å²) in [6, 6.07) is 1.61. The molecule has 0 aromatic carbocycles. The molecule has 0 saturated carbocycles. The smallest absolute Gasteiger partial charge is 0.267 e. The van der Waals surface area contributed by atoms with E-state index in [1.807, 2.05) is 0 Å². The van der Waals surface area contributed by atoms with Crippen LogP contribution in [0.15, 0.2) is 12.3 Å². The van der Waals surface area contributed by atoms with Gasteiger partial charge in [0, 0.05) is 32.6 Å². The lowest BCUT2D eigenvalue weighted by atomic mass is 10.1. The highest BCUT2D eigenvalue weighted by Gasteiger charge is 2.27. The van der Waals surface area contributed by atoms with E-state index in [2.05, 4.69) is 10.6 Å². The van der Waals surface area contributed by atoms with Gasteiger partial charge in [-0.15, -0.1) is 0 Å². The van der Waals surface area contributed by atoms with Crippen molar-refractivity contribution in [3.63, 3.8) is 0 Å². The van der Waals surface area contributed by atoms with Crippen LogP contribution in [0.4, 0.5) is 0 Å². The van der Waals surface area contributed by atoms with Crippen molar-refractivity contribution in [1.82, 2.24) is 15.2 Å². The third-order valence-corrected chi connectivity index (χ3v) is 3.18. The van der Waals surface area contributed by atoms with Crippen LogP contribution < -0.4 is 10.6 Å². The highest BCUT2D eigenvalue weighted by atomic mass is 16.2. The van der Waals surface area contributed by atoms with Gasteiger partial charge >= 0.3 is 0 Å². The molecule has 102 valence electrons. The SMILES string of the molecule is CNC(=O)CC1CNC(=O)c2cc(CC(C)=O)cn21. The van der Waals surface area contributed by atoms with Crippen LogP contribution in [0.1, 0.15) is 35.4 Å². The van der Waals surface area contributed by atoms with Crippen molar-refractivity contribution >= 4 is 17.6 Å². The summed E-state index contributed by atoms with van der Waals surface area (Å²) in [5.41, 5.74) is 1.32. The van der Waals surface area contributed by atoms with Gasteiger partial charge in [0.2, 0.25) is 5.91 Å². The zero-order valence-corrected chi connectivity index (χ0v) is 11.0. The number of Topliss-reactive ketones (excluding diaryl/α,β-unsaturated/α-hetero) is 1. The van der Waals surface area contributed by atoms with Crippen LogP contribution in [0.5, 0.6) is 0 Å². The molecule has 1 aromatic rings. The number of carbonyl (C=O) groups is 3. The van der Waals surface area contributed by atoms with Crippen molar-refractivity contribution in [2.75, 3.05) is 13.6 Å². The summed E-state index contributed by atoms with van der Waals surface area (Å²) in [5, 5.41) is 5.33. The number of rotatable bonds is 4. The average Bonchev–Trinajstić information content (AvgIpc) is 2.76. The van der Waals surface area contributed by atoms with Crippen LogP contribution in [0.25, 0.3) is 0 Å². The second-order valence-electron chi connectivity index (χ2n) is 4.76. The lowest BCUT2D eigenvalue weighted by Gasteiger charge is -2.25. The molecule has 2 heterocycles. The molecule has 19 heavy (non-hydrogen) atoms. The van der Waals surface area contributed by atoms with Gasteiger partial charge in [0.05, 0.1) is 6.04 Å². The van der Waals surface area contributed by atoms with Gasteiger partial charge < -0.3 is 15.2 Å². The van der Waals surface area contributed by atoms with E-state index in [-0.39, 0.29) is 23.6 Å². The van der Waals surface area contributed by atoms with Crippen LogP contribution >= 0.6 is 0 Å². The van der Waals surface area contributed by atoms with E-state index in [1.165, 1.54) is 6.92 Å². The zero-order chi connectivity index (χ0) is 14.0. The van der Waals surface area contributed by atoms with E-state index in [1.54, 1.807) is 23.9 Å². The summed E-state index contributed by atoms with van der Waals surface area (Å²) in [5.74, 6) is -0.192. The standard InChI is InChI=1S/C13H17N3O3/c1-8(17)3-9-4-11-13(19)15-6-10(16(11)7-9)5-12(18)14-2/h4,7,10H,3,5-6H2,1-2H3,(H,14,18)(H,15,19). The van der Waals surface area contributed by atoms with Crippen LogP contribution in [-0.4, -0.2) is 35.8 Å². The fraction of sp³-hybridized carbons (Fsp3) is 0.462. The number of hydrogen-bond donors (Lipinski definition) is 2. The molecule has 6 nitrogen and oxygen atoms in total. The van der Waals surface area contributed by atoms with Crippen molar-refractivity contribution in [3.8, 4) is 0 Å². The van der Waals surface area contributed by atoms with Gasteiger partial charge in [-0.3, -0.25) is 14.4 Å². The summed E-state index contributed by atoms with van der Waals surface area (Å²) >= 11 is 0. The van der Waals surface area contributed by atoms with Crippen LogP contribution in [-0.2, 0) is 16.0 Å². The van der Waals surface area contributed by atoms with E-state index >= 15 is 0 Å². The molecule has 0 spiro atoms. The van der Waals surface area contributed by atoms with Crippen molar-refractivity contribution in [2.45, 2.75) is 25.8 Å². The first-order chi connectivity index (χ1) is 9.01. The molecule has 1 unspecified atom stereocenters. The van der Waals surface area contributed by atoms with Gasteiger partial charge in [-0.25, -0.2) is 0 Å². The highest BCUT2D eigenvalue weighted by molar-refractivity contribution is 5.94. The quantitative estimate of drug-likeness (QED) is 0.805. The molecule has 6 heteroatoms. The van der Waals surface area contributed by atoms with Gasteiger partial charge in [-0.1, -0.05) is 0 Å². The minimum absolute atomic E-state index is 0.0474. The van der Waals surface area contributed by atoms with Crippen LogP contribution in [0, 0.1) is 0 Å². The first kappa shape index (κ1) is 13.3. The number of carbonyl (C=O) groups excluding carboxylic acids is 3. The number of fused-ring (bicyclic) bond motifs is 1. The first-order valence-electron chi connectivity index (χ1n) is 6.20. The first-order valence-corrected chi connectivity index (χ1v) is 6.20. The monoisotopic (exact) mass is 263 g/mol. The Bertz CT molecular complexity index is 533. The van der Waals surface area contributed by atoms with Crippen LogP contribution in [0.2, 0.25) is 0 Å². The Balaban J connectivity index is 2.27. The van der Waals surface area contributed by atoms with Gasteiger partial charge in [-0.2, -0.15) is 0 Å². The Hall–Kier alpha value is -2.11. The van der Waals surface area contributed by atoms with Gasteiger partial charge in [0.25, 0.3) is 5.91 Å². The minimum Gasteiger partial charge on any atom is -0.359 e. The molecule has 0 radical (unpaired) electrons. The van der Waals surface area contributed by atoms with Gasteiger partial charge in [0.1, 0.15) is 11.5 Å². The molecule has 0 bridgehead atoms. The summed E-state index contributed by atoms with van der Waals surface area (Å²) in [6.45, 7) is 1.94. The number of ketones is 1. The molecule has 1 aliphatic heterocycles. The predicted octanol–water partition coefficient (Wildman–Crippen LogP) is 0.0402. The number of aromatic nitrogens is 1. The summed E-state index contributed by atoms with van der Waals surface area (Å²) in [4.78, 5) is 34.4. The Labute approximate surface area is 111 Å². The third kappa shape index (κ3) is 2.83. The summed E-state index contributed by atoms with van der Waals surface area (Å²) in [6.07, 6.45) is 2.40. The Morgan fingerprint density at radius 3 is 2.89 bits per heavy atom. The van der Waals surface area contributed by atoms with E-state index in [0.717, 1.165) is 5.56 Å². The molecule has 0 aliphatic carbocycles. The van der Waals surface area contributed by atoms with Gasteiger partial charge in [-0.05, 0) is 18.6 Å². The number of hydrogen-bond acceptors (Lipinski definition) is 3. The predicted molar refractivity (Wildman–Crippen MR) is 68.9 cm³/mol. The molecule has 0 saturated heterocycles. The van der Waals surface area contributed by atoms with Crippen molar-refractivity contribution < 1.29 is 14.4 Å². The van der Waals surface area contributed by atoms with Crippen molar-refractivity contribution in [2.24, 2.45) is 0 Å². The summed E-state index contributed by atoms with van der Waals surface area (Å²) < 4.78 is 1.80. The lowest BCUT2D eigenvalue weighted by molar-refractivity contribution is -0.121. The maximum atomic E-state index is 11.8. The minimum atomic E-state index is -0.164. The fourth-order valence-corrected chi connectivity index (χ4v) is 2.29. The van der Waals surface area contributed by atoms with Crippen molar-refractivity contribution in [3.05, 3.63) is 23.5 Å². The van der Waals surface area contributed by atoms with E-state index in [9.17, 15) is 14.4 Å². The molecule has 2 rings (SSSR count). The lowest BCUT2D eigenvalue weighted by Crippen LogP contribution is -2.40. The highest BCUT2D eigenvalue weighted by Crippen LogP contribution is 2.22. The molecule has 1 aliphatic rings. The number of amides is 2. The molecular weight excluding hydrogens is 246 g/mol. The average molecular weight is 263 g/mol. The Kier molecular flexibility index (Phi) is 3.69. The van der Waals surface area contributed by atoms with E-state index in [4.69, 9.17) is 0 Å². The number of nitrogens with one attached hydrogen (secondary N) is 2. The van der Waals surface area contributed by atoms with Crippen LogP contribution in [0.3, 0.4) is 0 Å².